The van der Waals surface area contributed by atoms with Gasteiger partial charge in [-0.3, -0.25) is 0 Å². The van der Waals surface area contributed by atoms with E-state index >= 15 is 0 Å². The maximum absolute atomic E-state index is 5.94. The molecular weight excluding hydrogens is 404 g/mol. The summed E-state index contributed by atoms with van der Waals surface area (Å²) >= 11 is 3.67. The number of aromatic nitrogens is 3. The van der Waals surface area contributed by atoms with Gasteiger partial charge in [-0.2, -0.15) is 16.7 Å². The van der Waals surface area contributed by atoms with Crippen molar-refractivity contribution in [1.82, 2.24) is 20.3 Å². The number of nitrogens with one attached hydrogen (secondary N) is 1. The molecule has 9 heteroatoms. The zero-order valence-electron chi connectivity index (χ0n) is 16.9. The van der Waals surface area contributed by atoms with Crippen molar-refractivity contribution in [1.29, 1.82) is 0 Å². The minimum Gasteiger partial charge on any atom is -0.477 e. The normalized spacial score (nSPS) is 18.0. The van der Waals surface area contributed by atoms with E-state index in [1.807, 2.05) is 18.7 Å². The molecule has 1 N–H and O–H groups in total. The van der Waals surface area contributed by atoms with Crippen LogP contribution in [0.15, 0.2) is 6.07 Å². The monoisotopic (exact) mass is 430 g/mol. The van der Waals surface area contributed by atoms with Crippen molar-refractivity contribution < 1.29 is 4.74 Å². The van der Waals surface area contributed by atoms with E-state index in [2.05, 4.69) is 28.1 Å². The van der Waals surface area contributed by atoms with Crippen molar-refractivity contribution in [3.8, 4) is 5.88 Å². The van der Waals surface area contributed by atoms with Gasteiger partial charge in [-0.1, -0.05) is 0 Å². The number of piperazine rings is 1. The van der Waals surface area contributed by atoms with Gasteiger partial charge in [0.05, 0.1) is 6.61 Å². The van der Waals surface area contributed by atoms with Crippen LogP contribution in [0.1, 0.15) is 12.5 Å². The lowest BCUT2D eigenvalue weighted by Gasteiger charge is -2.28. The van der Waals surface area contributed by atoms with Crippen molar-refractivity contribution >= 4 is 55.3 Å². The average Bonchev–Trinajstić information content (AvgIpc) is 3.14. The predicted octanol–water partition coefficient (Wildman–Crippen LogP) is 2.91. The molecule has 0 aliphatic carbocycles. The third-order valence-electron chi connectivity index (χ3n) is 5.44. The van der Waals surface area contributed by atoms with Crippen molar-refractivity contribution in [3.63, 3.8) is 0 Å². The van der Waals surface area contributed by atoms with Crippen LogP contribution in [0.4, 0.5) is 11.8 Å². The summed E-state index contributed by atoms with van der Waals surface area (Å²) in [5.41, 5.74) is 2.20. The van der Waals surface area contributed by atoms with Crippen molar-refractivity contribution in [3.05, 3.63) is 11.6 Å². The smallest absolute Gasteiger partial charge is 0.236 e. The first-order chi connectivity index (χ1) is 14.2. The van der Waals surface area contributed by atoms with Gasteiger partial charge in [-0.05, 0) is 25.5 Å². The second kappa shape index (κ2) is 8.12. The summed E-state index contributed by atoms with van der Waals surface area (Å²) in [6.45, 7) is 10.6. The SMILES string of the molecule is CCOc1nc(N2CCNCC2)nc2c1sc1nc(N3CCSCC3)cc(C)c12. The van der Waals surface area contributed by atoms with Crippen molar-refractivity contribution in [2.45, 2.75) is 13.8 Å². The summed E-state index contributed by atoms with van der Waals surface area (Å²) in [6, 6.07) is 2.22. The highest BCUT2D eigenvalue weighted by Crippen LogP contribution is 2.40. The van der Waals surface area contributed by atoms with Crippen molar-refractivity contribution in [2.75, 3.05) is 67.2 Å². The number of rotatable bonds is 4. The van der Waals surface area contributed by atoms with Gasteiger partial charge in [0.2, 0.25) is 11.8 Å². The molecule has 0 aromatic carbocycles. The fourth-order valence-electron chi connectivity index (χ4n) is 3.96. The second-order valence-corrected chi connectivity index (χ2v) is 9.58. The summed E-state index contributed by atoms with van der Waals surface area (Å²) in [6.07, 6.45) is 0. The highest BCUT2D eigenvalue weighted by molar-refractivity contribution is 7.99. The molecule has 5 heterocycles. The van der Waals surface area contributed by atoms with Gasteiger partial charge in [0.15, 0.2) is 0 Å². The Hall–Kier alpha value is -1.84. The molecule has 3 aromatic rings. The molecule has 0 radical (unpaired) electrons. The Kier molecular flexibility index (Phi) is 5.36. The molecule has 2 fully saturated rings. The van der Waals surface area contributed by atoms with Crippen LogP contribution >= 0.6 is 23.1 Å². The van der Waals surface area contributed by atoms with Crippen LogP contribution in [0.2, 0.25) is 0 Å². The number of thiophene rings is 1. The molecule has 0 bridgehead atoms. The van der Waals surface area contributed by atoms with E-state index in [1.165, 1.54) is 17.1 Å². The van der Waals surface area contributed by atoms with E-state index in [4.69, 9.17) is 19.7 Å². The number of nitrogens with zero attached hydrogens (tertiary/aromatic N) is 5. The van der Waals surface area contributed by atoms with Crippen LogP contribution in [0.3, 0.4) is 0 Å². The number of hydrogen-bond donors (Lipinski definition) is 1. The number of thioether (sulfide) groups is 1. The van der Waals surface area contributed by atoms with Crippen LogP contribution in [0.25, 0.3) is 20.4 Å². The Morgan fingerprint density at radius 3 is 2.62 bits per heavy atom. The Morgan fingerprint density at radius 1 is 1.07 bits per heavy atom. The number of aryl methyl sites for hydroxylation is 1. The number of hydrogen-bond acceptors (Lipinski definition) is 9. The minimum atomic E-state index is 0.588. The lowest BCUT2D eigenvalue weighted by Crippen LogP contribution is -2.44. The van der Waals surface area contributed by atoms with Gasteiger partial charge >= 0.3 is 0 Å². The average molecular weight is 431 g/mol. The Labute approximate surface area is 178 Å². The van der Waals surface area contributed by atoms with E-state index in [9.17, 15) is 0 Å². The van der Waals surface area contributed by atoms with Crippen LogP contribution in [0, 0.1) is 6.92 Å². The number of ether oxygens (including phenoxy) is 1. The lowest BCUT2D eigenvalue weighted by molar-refractivity contribution is 0.331. The number of pyridine rings is 1. The molecular formula is C20H26N6OS2. The summed E-state index contributed by atoms with van der Waals surface area (Å²) in [5.74, 6) is 4.86. The largest absolute Gasteiger partial charge is 0.477 e. The fourth-order valence-corrected chi connectivity index (χ4v) is 5.99. The molecule has 29 heavy (non-hydrogen) atoms. The second-order valence-electron chi connectivity index (χ2n) is 7.36. The molecule has 0 unspecified atom stereocenters. The Balaban J connectivity index is 1.65. The van der Waals surface area contributed by atoms with E-state index in [1.54, 1.807) is 11.3 Å². The first kappa shape index (κ1) is 19.1. The predicted molar refractivity (Wildman–Crippen MR) is 123 cm³/mol. The van der Waals surface area contributed by atoms with Crippen LogP contribution in [-0.2, 0) is 0 Å². The highest BCUT2D eigenvalue weighted by atomic mass is 32.2. The molecule has 2 saturated heterocycles. The van der Waals surface area contributed by atoms with Crippen molar-refractivity contribution in [2.24, 2.45) is 0 Å². The summed E-state index contributed by atoms with van der Waals surface area (Å²) in [4.78, 5) is 20.5. The topological polar surface area (TPSA) is 66.4 Å². The Morgan fingerprint density at radius 2 is 1.86 bits per heavy atom. The molecule has 0 spiro atoms. The highest BCUT2D eigenvalue weighted by Gasteiger charge is 2.22. The van der Waals surface area contributed by atoms with E-state index in [-0.39, 0.29) is 0 Å². The van der Waals surface area contributed by atoms with E-state index < -0.39 is 0 Å². The minimum absolute atomic E-state index is 0.588. The first-order valence-electron chi connectivity index (χ1n) is 10.3. The third-order valence-corrected chi connectivity index (χ3v) is 7.45. The lowest BCUT2D eigenvalue weighted by atomic mass is 10.2. The van der Waals surface area contributed by atoms with Gasteiger partial charge in [-0.25, -0.2) is 9.97 Å². The van der Waals surface area contributed by atoms with E-state index in [0.29, 0.717) is 12.5 Å². The van der Waals surface area contributed by atoms with Gasteiger partial charge in [-0.15, -0.1) is 11.3 Å². The van der Waals surface area contributed by atoms with Gasteiger partial charge in [0.25, 0.3) is 0 Å². The molecule has 2 aliphatic heterocycles. The maximum atomic E-state index is 5.94. The molecule has 3 aromatic heterocycles. The zero-order valence-corrected chi connectivity index (χ0v) is 18.5. The van der Waals surface area contributed by atoms with E-state index in [0.717, 1.165) is 71.5 Å². The number of anilines is 2. The quantitative estimate of drug-likeness (QED) is 0.678. The Bertz CT molecular complexity index is 1030. The molecule has 0 atom stereocenters. The molecule has 0 saturated carbocycles. The van der Waals surface area contributed by atoms with Gasteiger partial charge < -0.3 is 19.9 Å². The summed E-state index contributed by atoms with van der Waals surface area (Å²) in [5, 5.41) is 4.53. The molecule has 2 aliphatic rings. The van der Waals surface area contributed by atoms with Crippen LogP contribution in [-0.4, -0.2) is 72.3 Å². The standard InChI is InChI=1S/C20H26N6OS2/c1-3-27-18-17-16(23-20(24-18)26-6-4-21-5-7-26)15-13(2)12-14(22-19(15)29-17)25-8-10-28-11-9-25/h12,21H,3-11H2,1-2H3. The van der Waals surface area contributed by atoms with Gasteiger partial charge in [0.1, 0.15) is 20.9 Å². The van der Waals surface area contributed by atoms with Crippen LogP contribution < -0.4 is 19.9 Å². The molecule has 7 nitrogen and oxygen atoms in total. The molecule has 5 rings (SSSR count). The first-order valence-corrected chi connectivity index (χ1v) is 12.2. The fraction of sp³-hybridized carbons (Fsp3) is 0.550. The maximum Gasteiger partial charge on any atom is 0.236 e. The number of fused-ring (bicyclic) bond motifs is 3. The van der Waals surface area contributed by atoms with Crippen LogP contribution in [0.5, 0.6) is 5.88 Å². The molecule has 154 valence electrons. The zero-order chi connectivity index (χ0) is 19.8. The summed E-state index contributed by atoms with van der Waals surface area (Å²) < 4.78 is 6.95. The summed E-state index contributed by atoms with van der Waals surface area (Å²) in [7, 11) is 0. The van der Waals surface area contributed by atoms with Gasteiger partial charge in [0, 0.05) is 56.2 Å². The molecule has 0 amide bonds. The third kappa shape index (κ3) is 3.60.